The highest BCUT2D eigenvalue weighted by Crippen LogP contribution is 2.42. The third-order valence-corrected chi connectivity index (χ3v) is 5.56. The highest BCUT2D eigenvalue weighted by molar-refractivity contribution is 5.17. The van der Waals surface area contributed by atoms with Crippen molar-refractivity contribution in [3.8, 4) is 0 Å². The first-order valence-corrected chi connectivity index (χ1v) is 8.92. The topological polar surface area (TPSA) is 21.7 Å². The molecule has 3 aliphatic rings. The van der Waals surface area contributed by atoms with Crippen LogP contribution in [-0.4, -0.2) is 43.4 Å². The molecular weight excluding hydrogens is 293 g/mol. The van der Waals surface area contributed by atoms with Crippen molar-refractivity contribution in [3.05, 3.63) is 35.6 Å². The van der Waals surface area contributed by atoms with E-state index in [1.165, 1.54) is 30.5 Å². The number of benzene rings is 1. The maximum atomic E-state index is 13.0. The van der Waals surface area contributed by atoms with Crippen LogP contribution >= 0.6 is 0 Å². The van der Waals surface area contributed by atoms with E-state index in [9.17, 15) is 4.39 Å². The van der Waals surface area contributed by atoms with Crippen LogP contribution in [0.3, 0.4) is 0 Å². The lowest BCUT2D eigenvalue weighted by atomic mass is 9.79. The molecular formula is C19H26FNO2. The molecule has 1 saturated carbocycles. The van der Waals surface area contributed by atoms with Gasteiger partial charge in [-0.2, -0.15) is 0 Å². The molecule has 2 saturated heterocycles. The summed E-state index contributed by atoms with van der Waals surface area (Å²) in [5, 5.41) is 0. The van der Waals surface area contributed by atoms with Crippen LogP contribution in [0.4, 0.5) is 4.39 Å². The molecule has 0 aromatic heterocycles. The monoisotopic (exact) mass is 319 g/mol. The Balaban J connectivity index is 1.23. The van der Waals surface area contributed by atoms with Gasteiger partial charge >= 0.3 is 0 Å². The number of hydrogen-bond donors (Lipinski definition) is 0. The second-order valence-corrected chi connectivity index (χ2v) is 7.48. The molecule has 0 unspecified atom stereocenters. The van der Waals surface area contributed by atoms with Crippen LogP contribution in [0.15, 0.2) is 24.3 Å². The molecule has 1 spiro atoms. The van der Waals surface area contributed by atoms with E-state index in [2.05, 4.69) is 4.90 Å². The predicted molar refractivity (Wildman–Crippen MR) is 86.6 cm³/mol. The lowest BCUT2D eigenvalue weighted by Crippen LogP contribution is -2.64. The Labute approximate surface area is 137 Å². The SMILES string of the molecule is Fc1ccc(CN2CC3(C2)OCC[C@H]3CCOCC2CC2)cc1. The fraction of sp³-hybridized carbons (Fsp3) is 0.684. The van der Waals surface area contributed by atoms with Crippen molar-refractivity contribution >= 4 is 0 Å². The summed E-state index contributed by atoms with van der Waals surface area (Å²) in [6.07, 6.45) is 5.00. The molecule has 2 heterocycles. The first-order chi connectivity index (χ1) is 11.2. The fourth-order valence-electron chi connectivity index (χ4n) is 3.97. The van der Waals surface area contributed by atoms with E-state index < -0.39 is 0 Å². The van der Waals surface area contributed by atoms with Gasteiger partial charge in [0.25, 0.3) is 0 Å². The maximum absolute atomic E-state index is 13.0. The summed E-state index contributed by atoms with van der Waals surface area (Å²) < 4.78 is 24.9. The Morgan fingerprint density at radius 2 is 1.96 bits per heavy atom. The maximum Gasteiger partial charge on any atom is 0.123 e. The average molecular weight is 319 g/mol. The summed E-state index contributed by atoms with van der Waals surface area (Å²) in [5.74, 6) is 1.31. The number of ether oxygens (including phenoxy) is 2. The third-order valence-electron chi connectivity index (χ3n) is 5.56. The molecule has 1 aromatic rings. The first-order valence-electron chi connectivity index (χ1n) is 8.92. The summed E-state index contributed by atoms with van der Waals surface area (Å²) in [6.45, 7) is 5.60. The Morgan fingerprint density at radius 3 is 2.70 bits per heavy atom. The largest absolute Gasteiger partial charge is 0.381 e. The van der Waals surface area contributed by atoms with Gasteiger partial charge in [-0.15, -0.1) is 0 Å². The van der Waals surface area contributed by atoms with Gasteiger partial charge in [-0.3, -0.25) is 4.90 Å². The van der Waals surface area contributed by atoms with E-state index in [0.717, 1.165) is 58.2 Å². The molecule has 1 atom stereocenters. The van der Waals surface area contributed by atoms with Gasteiger partial charge in [0.15, 0.2) is 0 Å². The van der Waals surface area contributed by atoms with E-state index in [1.807, 2.05) is 12.1 Å². The molecule has 0 N–H and O–H groups in total. The van der Waals surface area contributed by atoms with Crippen molar-refractivity contribution in [1.82, 2.24) is 4.90 Å². The van der Waals surface area contributed by atoms with Gasteiger partial charge in [0, 0.05) is 39.5 Å². The molecule has 1 aliphatic carbocycles. The van der Waals surface area contributed by atoms with Crippen LogP contribution in [-0.2, 0) is 16.0 Å². The fourth-order valence-corrected chi connectivity index (χ4v) is 3.97. The minimum atomic E-state index is -0.167. The Kier molecular flexibility index (Phi) is 4.39. The smallest absolute Gasteiger partial charge is 0.123 e. The highest BCUT2D eigenvalue weighted by atomic mass is 19.1. The predicted octanol–water partition coefficient (Wildman–Crippen LogP) is 3.23. The van der Waals surface area contributed by atoms with Crippen LogP contribution in [0, 0.1) is 17.7 Å². The van der Waals surface area contributed by atoms with E-state index >= 15 is 0 Å². The van der Waals surface area contributed by atoms with Crippen LogP contribution in [0.5, 0.6) is 0 Å². The average Bonchev–Trinajstić information content (AvgIpc) is 3.25. The van der Waals surface area contributed by atoms with Gasteiger partial charge in [0.1, 0.15) is 5.82 Å². The molecule has 4 heteroatoms. The minimum absolute atomic E-state index is 0.0585. The summed E-state index contributed by atoms with van der Waals surface area (Å²) in [7, 11) is 0. The zero-order valence-electron chi connectivity index (χ0n) is 13.7. The Hall–Kier alpha value is -0.970. The van der Waals surface area contributed by atoms with Gasteiger partial charge in [-0.25, -0.2) is 4.39 Å². The van der Waals surface area contributed by atoms with Gasteiger partial charge in [0.2, 0.25) is 0 Å². The van der Waals surface area contributed by atoms with Gasteiger partial charge in [-0.1, -0.05) is 12.1 Å². The molecule has 4 rings (SSSR count). The quantitative estimate of drug-likeness (QED) is 0.720. The number of likely N-dealkylation sites (tertiary alicyclic amines) is 1. The molecule has 1 aromatic carbocycles. The minimum Gasteiger partial charge on any atom is -0.381 e. The number of rotatable bonds is 7. The van der Waals surface area contributed by atoms with Gasteiger partial charge in [-0.05, 0) is 55.2 Å². The van der Waals surface area contributed by atoms with E-state index in [-0.39, 0.29) is 11.4 Å². The van der Waals surface area contributed by atoms with E-state index in [1.54, 1.807) is 0 Å². The lowest BCUT2D eigenvalue weighted by molar-refractivity contribution is -0.139. The Morgan fingerprint density at radius 1 is 1.17 bits per heavy atom. The van der Waals surface area contributed by atoms with Gasteiger partial charge < -0.3 is 9.47 Å². The summed E-state index contributed by atoms with van der Waals surface area (Å²) in [6, 6.07) is 6.83. The van der Waals surface area contributed by atoms with Crippen molar-refractivity contribution in [2.45, 2.75) is 37.8 Å². The van der Waals surface area contributed by atoms with E-state index in [4.69, 9.17) is 9.47 Å². The van der Waals surface area contributed by atoms with Crippen LogP contribution in [0.2, 0.25) is 0 Å². The third kappa shape index (κ3) is 3.59. The second-order valence-electron chi connectivity index (χ2n) is 7.48. The number of hydrogen-bond acceptors (Lipinski definition) is 3. The standard InChI is InChI=1S/C19H26FNO2/c20-18-5-3-15(4-6-18)11-21-13-19(14-21)17(8-10-23-19)7-9-22-12-16-1-2-16/h3-6,16-17H,1-2,7-14H2/t17-/m1/s1. The van der Waals surface area contributed by atoms with Crippen LogP contribution in [0.1, 0.15) is 31.2 Å². The summed E-state index contributed by atoms with van der Waals surface area (Å²) in [4.78, 5) is 2.40. The second kappa shape index (κ2) is 6.50. The number of halogens is 1. The zero-order valence-corrected chi connectivity index (χ0v) is 13.7. The van der Waals surface area contributed by atoms with E-state index in [0.29, 0.717) is 5.92 Å². The molecule has 0 amide bonds. The molecule has 23 heavy (non-hydrogen) atoms. The summed E-state index contributed by atoms with van der Waals surface area (Å²) >= 11 is 0. The molecule has 126 valence electrons. The molecule has 2 aliphatic heterocycles. The molecule has 3 fully saturated rings. The van der Waals surface area contributed by atoms with Crippen LogP contribution < -0.4 is 0 Å². The van der Waals surface area contributed by atoms with Crippen LogP contribution in [0.25, 0.3) is 0 Å². The van der Waals surface area contributed by atoms with Gasteiger partial charge in [0.05, 0.1) is 5.60 Å². The lowest BCUT2D eigenvalue weighted by Gasteiger charge is -2.50. The zero-order chi connectivity index (χ0) is 15.7. The van der Waals surface area contributed by atoms with Crippen molar-refractivity contribution in [3.63, 3.8) is 0 Å². The molecule has 3 nitrogen and oxygen atoms in total. The Bertz CT molecular complexity index is 523. The normalized spacial score (nSPS) is 26.6. The first kappa shape index (κ1) is 15.6. The highest BCUT2D eigenvalue weighted by Gasteiger charge is 2.52. The molecule has 0 radical (unpaired) electrons. The van der Waals surface area contributed by atoms with Crippen molar-refractivity contribution in [2.75, 3.05) is 32.9 Å². The van der Waals surface area contributed by atoms with Crippen molar-refractivity contribution < 1.29 is 13.9 Å². The summed E-state index contributed by atoms with van der Waals surface area (Å²) in [5.41, 5.74) is 1.23. The van der Waals surface area contributed by atoms with Crippen molar-refractivity contribution in [1.29, 1.82) is 0 Å². The van der Waals surface area contributed by atoms with Crippen molar-refractivity contribution in [2.24, 2.45) is 11.8 Å². The molecule has 0 bridgehead atoms. The number of nitrogens with zero attached hydrogens (tertiary/aromatic N) is 1.